The quantitative estimate of drug-likeness (QED) is 0.342. The summed E-state index contributed by atoms with van der Waals surface area (Å²) in [5.74, 6) is -0.393. The highest BCUT2D eigenvalue weighted by Crippen LogP contribution is 2.64. The minimum atomic E-state index is -0.521. The molecule has 170 valence electrons. The molecule has 4 rings (SSSR count). The molecule has 0 aliphatic heterocycles. The summed E-state index contributed by atoms with van der Waals surface area (Å²) in [7, 11) is 1.87. The first-order chi connectivity index (χ1) is 15.6. The van der Waals surface area contributed by atoms with Crippen molar-refractivity contribution in [3.63, 3.8) is 0 Å². The molecule has 0 spiro atoms. The van der Waals surface area contributed by atoms with Crippen LogP contribution in [0.4, 0.5) is 15.8 Å². The average Bonchev–Trinajstić information content (AvgIpc) is 3.36. The summed E-state index contributed by atoms with van der Waals surface area (Å²) in [6.07, 6.45) is 0. The molecule has 5 heteroatoms. The van der Waals surface area contributed by atoms with Crippen molar-refractivity contribution in [3.8, 4) is 0 Å². The minimum Gasteiger partial charge on any atom is -0.357 e. The second kappa shape index (κ2) is 8.89. The normalized spacial score (nSPS) is 21.4. The summed E-state index contributed by atoms with van der Waals surface area (Å²) < 4.78 is 15.5. The Bertz CT molecular complexity index is 1200. The lowest BCUT2D eigenvalue weighted by molar-refractivity contribution is 0.626. The third-order valence-electron chi connectivity index (χ3n) is 6.39. The lowest BCUT2D eigenvalue weighted by atomic mass is 10.0. The SMILES string of the molecule is C=C(Nc1cccc(C(=C)N(C)c2ccccc2)c1F)C1C(c2cc(C)cc(Cl)c2)C1(C)Cl. The third-order valence-corrected chi connectivity index (χ3v) is 7.08. The number of nitrogens with zero attached hydrogens (tertiary/aromatic N) is 1. The monoisotopic (exact) mass is 480 g/mol. The van der Waals surface area contributed by atoms with Crippen LogP contribution in [0.3, 0.4) is 0 Å². The van der Waals surface area contributed by atoms with E-state index >= 15 is 4.39 Å². The van der Waals surface area contributed by atoms with Crippen molar-refractivity contribution in [2.75, 3.05) is 17.3 Å². The van der Waals surface area contributed by atoms with Crippen molar-refractivity contribution >= 4 is 40.3 Å². The highest BCUT2D eigenvalue weighted by molar-refractivity contribution is 6.31. The van der Waals surface area contributed by atoms with Crippen LogP contribution in [0.25, 0.3) is 5.70 Å². The van der Waals surface area contributed by atoms with Crippen LogP contribution in [0.2, 0.25) is 5.02 Å². The first-order valence-electron chi connectivity index (χ1n) is 10.8. The van der Waals surface area contributed by atoms with Crippen LogP contribution in [0.15, 0.2) is 85.6 Å². The number of alkyl halides is 1. The number of benzene rings is 3. The van der Waals surface area contributed by atoms with Gasteiger partial charge >= 0.3 is 0 Å². The molecular formula is C28H27Cl2FN2. The summed E-state index contributed by atoms with van der Waals surface area (Å²) in [4.78, 5) is 1.34. The number of halogens is 3. The molecule has 0 amide bonds. The third kappa shape index (κ3) is 4.53. The molecule has 1 aliphatic carbocycles. The van der Waals surface area contributed by atoms with Crippen LogP contribution in [-0.4, -0.2) is 11.9 Å². The van der Waals surface area contributed by atoms with E-state index in [2.05, 4.69) is 24.5 Å². The van der Waals surface area contributed by atoms with Crippen molar-refractivity contribution in [1.82, 2.24) is 0 Å². The number of para-hydroxylation sites is 1. The van der Waals surface area contributed by atoms with Gasteiger partial charge in [-0.1, -0.05) is 55.1 Å². The Hall–Kier alpha value is -2.75. The second-order valence-electron chi connectivity index (χ2n) is 8.83. The number of hydrogen-bond acceptors (Lipinski definition) is 2. The molecule has 33 heavy (non-hydrogen) atoms. The molecule has 1 fully saturated rings. The molecule has 3 aromatic rings. The topological polar surface area (TPSA) is 15.3 Å². The Labute approximate surface area is 205 Å². The summed E-state index contributed by atoms with van der Waals surface area (Å²) in [6, 6.07) is 20.9. The van der Waals surface area contributed by atoms with Gasteiger partial charge in [0.1, 0.15) is 0 Å². The lowest BCUT2D eigenvalue weighted by Crippen LogP contribution is -2.16. The van der Waals surface area contributed by atoms with E-state index in [0.29, 0.717) is 27.7 Å². The van der Waals surface area contributed by atoms with Crippen molar-refractivity contribution in [1.29, 1.82) is 0 Å². The van der Waals surface area contributed by atoms with Crippen molar-refractivity contribution in [2.24, 2.45) is 5.92 Å². The zero-order chi connectivity index (χ0) is 23.9. The van der Waals surface area contributed by atoms with Crippen molar-refractivity contribution < 1.29 is 4.39 Å². The van der Waals surface area contributed by atoms with Gasteiger partial charge in [0.2, 0.25) is 0 Å². The first-order valence-corrected chi connectivity index (χ1v) is 11.5. The molecule has 2 nitrogen and oxygen atoms in total. The van der Waals surface area contributed by atoms with Crippen LogP contribution in [0.5, 0.6) is 0 Å². The molecule has 0 saturated heterocycles. The molecule has 0 heterocycles. The van der Waals surface area contributed by atoms with Crippen LogP contribution in [0.1, 0.15) is 29.5 Å². The van der Waals surface area contributed by atoms with Crippen molar-refractivity contribution in [3.05, 3.63) is 113 Å². The van der Waals surface area contributed by atoms with E-state index in [1.54, 1.807) is 12.1 Å². The fraction of sp³-hybridized carbons (Fsp3) is 0.214. The fourth-order valence-electron chi connectivity index (χ4n) is 4.58. The maximum Gasteiger partial charge on any atom is 0.155 e. The Kier molecular flexibility index (Phi) is 6.30. The van der Waals surface area contributed by atoms with Gasteiger partial charge in [0.25, 0.3) is 0 Å². The van der Waals surface area contributed by atoms with Gasteiger partial charge in [-0.3, -0.25) is 0 Å². The summed E-state index contributed by atoms with van der Waals surface area (Å²) >= 11 is 13.1. The molecule has 0 radical (unpaired) electrons. The number of anilines is 2. The van der Waals surface area contributed by atoms with Crippen LogP contribution < -0.4 is 10.2 Å². The van der Waals surface area contributed by atoms with Gasteiger partial charge in [0.05, 0.1) is 10.6 Å². The Morgan fingerprint density at radius 2 is 1.76 bits per heavy atom. The lowest BCUT2D eigenvalue weighted by Gasteiger charge is -2.23. The van der Waals surface area contributed by atoms with E-state index in [4.69, 9.17) is 23.2 Å². The second-order valence-corrected chi connectivity index (χ2v) is 10.1. The van der Waals surface area contributed by atoms with E-state index < -0.39 is 4.87 Å². The zero-order valence-electron chi connectivity index (χ0n) is 19.0. The highest BCUT2D eigenvalue weighted by Gasteiger charge is 2.62. The van der Waals surface area contributed by atoms with Gasteiger partial charge in [-0.25, -0.2) is 4.39 Å². The largest absolute Gasteiger partial charge is 0.357 e. The van der Waals surface area contributed by atoms with E-state index in [9.17, 15) is 0 Å². The standard InChI is InChI=1S/C28H27Cl2FN2/c1-17-14-20(16-21(29)15-17)26-25(28(26,4)30)18(2)32-24-13-9-12-23(27(24)31)19(3)33(5)22-10-7-6-8-11-22/h6-16,25-26,32H,2-3H2,1,4-5H3. The Morgan fingerprint density at radius 3 is 2.42 bits per heavy atom. The Balaban J connectivity index is 1.55. The molecule has 0 aromatic heterocycles. The number of allylic oxidation sites excluding steroid dienone is 1. The maximum atomic E-state index is 15.5. The van der Waals surface area contributed by atoms with Crippen LogP contribution >= 0.6 is 23.2 Å². The molecule has 3 atom stereocenters. The summed E-state index contributed by atoms with van der Waals surface area (Å²) in [6.45, 7) is 12.3. The summed E-state index contributed by atoms with van der Waals surface area (Å²) in [5.41, 5.74) is 5.08. The first kappa shape index (κ1) is 23.4. The molecule has 1 N–H and O–H groups in total. The van der Waals surface area contributed by atoms with Gasteiger partial charge in [-0.15, -0.1) is 11.6 Å². The predicted octanol–water partition coefficient (Wildman–Crippen LogP) is 8.23. The van der Waals surface area contributed by atoms with Gasteiger partial charge in [-0.2, -0.15) is 0 Å². The zero-order valence-corrected chi connectivity index (χ0v) is 20.5. The smallest absolute Gasteiger partial charge is 0.155 e. The molecule has 1 aliphatic rings. The molecule has 0 bridgehead atoms. The highest BCUT2D eigenvalue weighted by atomic mass is 35.5. The fourth-order valence-corrected chi connectivity index (χ4v) is 5.32. The molecule has 3 aromatic carbocycles. The Morgan fingerprint density at radius 1 is 1.06 bits per heavy atom. The predicted molar refractivity (Wildman–Crippen MR) is 140 cm³/mol. The number of nitrogens with one attached hydrogen (secondary N) is 1. The number of aryl methyl sites for hydroxylation is 1. The average molecular weight is 481 g/mol. The maximum absolute atomic E-state index is 15.5. The van der Waals surface area contributed by atoms with Crippen LogP contribution in [-0.2, 0) is 0 Å². The van der Waals surface area contributed by atoms with Gasteiger partial charge in [-0.05, 0) is 61.4 Å². The summed E-state index contributed by atoms with van der Waals surface area (Å²) in [5, 5.41) is 3.87. The number of rotatable bonds is 7. The van der Waals surface area contributed by atoms with E-state index in [-0.39, 0.29) is 17.7 Å². The van der Waals surface area contributed by atoms with Gasteiger partial charge in [0, 0.05) is 46.6 Å². The molecule has 1 saturated carbocycles. The van der Waals surface area contributed by atoms with E-state index in [0.717, 1.165) is 16.8 Å². The van der Waals surface area contributed by atoms with E-state index in [1.807, 2.05) is 74.3 Å². The molecule has 3 unspecified atom stereocenters. The van der Waals surface area contributed by atoms with Gasteiger partial charge in [0.15, 0.2) is 5.82 Å². The minimum absolute atomic E-state index is 0.0435. The van der Waals surface area contributed by atoms with Crippen molar-refractivity contribution in [2.45, 2.75) is 24.6 Å². The van der Waals surface area contributed by atoms with E-state index in [1.165, 1.54) is 0 Å². The number of hydrogen-bond donors (Lipinski definition) is 1. The van der Waals surface area contributed by atoms with Gasteiger partial charge < -0.3 is 10.2 Å². The van der Waals surface area contributed by atoms with Crippen LogP contribution in [0, 0.1) is 18.7 Å². The molecular weight excluding hydrogens is 454 g/mol.